The Balaban J connectivity index is 1.98. The number of benzene rings is 1. The van der Waals surface area contributed by atoms with Crippen molar-refractivity contribution in [1.82, 2.24) is 15.1 Å². The lowest BCUT2D eigenvalue weighted by Gasteiger charge is -2.13. The maximum Gasteiger partial charge on any atom is 0.269 e. The standard InChI is InChI=1S/C15H20N4O2/c1-3-19-13(8-10(2)18-19)15(21)17-9-14(20)11-4-6-12(16)7-5-11/h4-8,14,20H,3,9,16H2,1-2H3,(H,17,21). The van der Waals surface area contributed by atoms with Gasteiger partial charge in [-0.3, -0.25) is 9.48 Å². The van der Waals surface area contributed by atoms with E-state index in [2.05, 4.69) is 10.4 Å². The first-order valence-corrected chi connectivity index (χ1v) is 6.87. The summed E-state index contributed by atoms with van der Waals surface area (Å²) in [4.78, 5) is 12.1. The van der Waals surface area contributed by atoms with Crippen LogP contribution in [0.15, 0.2) is 30.3 Å². The highest BCUT2D eigenvalue weighted by atomic mass is 16.3. The Labute approximate surface area is 123 Å². The summed E-state index contributed by atoms with van der Waals surface area (Å²) < 4.78 is 1.64. The second-order valence-electron chi connectivity index (χ2n) is 4.88. The van der Waals surface area contributed by atoms with E-state index < -0.39 is 6.10 Å². The Morgan fingerprint density at radius 1 is 1.43 bits per heavy atom. The number of aryl methyl sites for hydroxylation is 2. The van der Waals surface area contributed by atoms with Gasteiger partial charge in [-0.2, -0.15) is 5.10 Å². The molecule has 1 amide bonds. The van der Waals surface area contributed by atoms with Crippen molar-refractivity contribution >= 4 is 11.6 Å². The molecular formula is C15H20N4O2. The lowest BCUT2D eigenvalue weighted by molar-refractivity contribution is 0.0905. The average molecular weight is 288 g/mol. The van der Waals surface area contributed by atoms with Crippen LogP contribution in [0.5, 0.6) is 0 Å². The number of carbonyl (C=O) groups is 1. The fourth-order valence-electron chi connectivity index (χ4n) is 2.09. The molecule has 0 aliphatic rings. The van der Waals surface area contributed by atoms with Gasteiger partial charge in [0.15, 0.2) is 0 Å². The smallest absolute Gasteiger partial charge is 0.269 e. The van der Waals surface area contributed by atoms with Crippen LogP contribution in [0.25, 0.3) is 0 Å². The third-order valence-corrected chi connectivity index (χ3v) is 3.21. The Bertz CT molecular complexity index is 619. The van der Waals surface area contributed by atoms with Crippen molar-refractivity contribution in [3.63, 3.8) is 0 Å². The number of amides is 1. The molecule has 1 atom stereocenters. The molecule has 0 saturated carbocycles. The predicted octanol–water partition coefficient (Wildman–Crippen LogP) is 1.26. The second-order valence-corrected chi connectivity index (χ2v) is 4.88. The van der Waals surface area contributed by atoms with Crippen LogP contribution < -0.4 is 11.1 Å². The van der Waals surface area contributed by atoms with Crippen molar-refractivity contribution in [3.05, 3.63) is 47.3 Å². The highest BCUT2D eigenvalue weighted by Gasteiger charge is 2.15. The fourth-order valence-corrected chi connectivity index (χ4v) is 2.09. The summed E-state index contributed by atoms with van der Waals surface area (Å²) in [6.45, 7) is 4.52. The number of rotatable bonds is 5. The number of nitrogens with zero attached hydrogens (tertiary/aromatic N) is 2. The van der Waals surface area contributed by atoms with Gasteiger partial charge < -0.3 is 16.2 Å². The molecule has 6 heteroatoms. The number of nitrogen functional groups attached to an aromatic ring is 1. The Morgan fingerprint density at radius 2 is 2.10 bits per heavy atom. The predicted molar refractivity (Wildman–Crippen MR) is 80.8 cm³/mol. The maximum absolute atomic E-state index is 12.1. The van der Waals surface area contributed by atoms with E-state index >= 15 is 0 Å². The molecule has 1 aromatic carbocycles. The minimum atomic E-state index is -0.770. The molecule has 0 radical (unpaired) electrons. The third kappa shape index (κ3) is 3.61. The van der Waals surface area contributed by atoms with Gasteiger partial charge in [-0.25, -0.2) is 0 Å². The van der Waals surface area contributed by atoms with Crippen molar-refractivity contribution in [2.24, 2.45) is 0 Å². The van der Waals surface area contributed by atoms with E-state index in [1.807, 2.05) is 13.8 Å². The normalized spacial score (nSPS) is 12.1. The third-order valence-electron chi connectivity index (χ3n) is 3.21. The maximum atomic E-state index is 12.1. The lowest BCUT2D eigenvalue weighted by atomic mass is 10.1. The molecule has 0 fully saturated rings. The fraction of sp³-hybridized carbons (Fsp3) is 0.333. The Morgan fingerprint density at radius 3 is 2.71 bits per heavy atom. The number of aliphatic hydroxyl groups excluding tert-OH is 1. The number of nitrogens with two attached hydrogens (primary N) is 1. The number of aromatic nitrogens is 2. The van der Waals surface area contributed by atoms with E-state index in [0.717, 1.165) is 5.69 Å². The number of aliphatic hydroxyl groups is 1. The summed E-state index contributed by atoms with van der Waals surface area (Å²) in [5, 5.41) is 17.0. The first kappa shape index (κ1) is 15.1. The number of carbonyl (C=O) groups excluding carboxylic acids is 1. The summed E-state index contributed by atoms with van der Waals surface area (Å²) in [5.41, 5.74) is 8.24. The first-order chi connectivity index (χ1) is 10.0. The van der Waals surface area contributed by atoms with Gasteiger partial charge >= 0.3 is 0 Å². The summed E-state index contributed by atoms with van der Waals surface area (Å²) in [6.07, 6.45) is -0.770. The van der Waals surface area contributed by atoms with Gasteiger partial charge in [-0.05, 0) is 37.6 Å². The molecule has 0 saturated heterocycles. The zero-order valence-corrected chi connectivity index (χ0v) is 12.2. The van der Waals surface area contributed by atoms with Gasteiger partial charge in [0.25, 0.3) is 5.91 Å². The van der Waals surface area contributed by atoms with Gasteiger partial charge in [0.2, 0.25) is 0 Å². The van der Waals surface area contributed by atoms with Crippen molar-refractivity contribution in [3.8, 4) is 0 Å². The molecule has 0 bridgehead atoms. The van der Waals surface area contributed by atoms with E-state index in [-0.39, 0.29) is 12.5 Å². The van der Waals surface area contributed by atoms with Crippen molar-refractivity contribution < 1.29 is 9.90 Å². The molecule has 2 rings (SSSR count). The van der Waals surface area contributed by atoms with E-state index in [9.17, 15) is 9.90 Å². The zero-order valence-electron chi connectivity index (χ0n) is 12.2. The van der Waals surface area contributed by atoms with Gasteiger partial charge in [0, 0.05) is 18.8 Å². The summed E-state index contributed by atoms with van der Waals surface area (Å²) in [7, 11) is 0. The summed E-state index contributed by atoms with van der Waals surface area (Å²) in [5.74, 6) is -0.244. The average Bonchev–Trinajstić information content (AvgIpc) is 2.86. The van der Waals surface area contributed by atoms with E-state index in [1.165, 1.54) is 0 Å². The number of hydrogen-bond acceptors (Lipinski definition) is 4. The minimum Gasteiger partial charge on any atom is -0.399 e. The SMILES string of the molecule is CCn1nc(C)cc1C(=O)NCC(O)c1ccc(N)cc1. The van der Waals surface area contributed by atoms with Crippen LogP contribution in [0.1, 0.15) is 34.8 Å². The quantitative estimate of drug-likeness (QED) is 0.722. The molecule has 6 nitrogen and oxygen atoms in total. The molecule has 0 aliphatic carbocycles. The van der Waals surface area contributed by atoms with Crippen LogP contribution >= 0.6 is 0 Å². The van der Waals surface area contributed by atoms with Crippen LogP contribution in [0.4, 0.5) is 5.69 Å². The second kappa shape index (κ2) is 6.41. The molecule has 1 heterocycles. The highest BCUT2D eigenvalue weighted by Crippen LogP contribution is 2.14. The number of hydrogen-bond donors (Lipinski definition) is 3. The van der Waals surface area contributed by atoms with Crippen molar-refractivity contribution in [2.45, 2.75) is 26.5 Å². The molecule has 112 valence electrons. The van der Waals surface area contributed by atoms with E-state index in [4.69, 9.17) is 5.73 Å². The van der Waals surface area contributed by atoms with Crippen LogP contribution in [0.2, 0.25) is 0 Å². The molecule has 0 aliphatic heterocycles. The van der Waals surface area contributed by atoms with Crippen LogP contribution in [-0.4, -0.2) is 27.3 Å². The van der Waals surface area contributed by atoms with E-state index in [1.54, 1.807) is 35.0 Å². The van der Waals surface area contributed by atoms with Crippen LogP contribution in [0.3, 0.4) is 0 Å². The highest BCUT2D eigenvalue weighted by molar-refractivity contribution is 5.92. The van der Waals surface area contributed by atoms with Gasteiger partial charge in [0.05, 0.1) is 11.8 Å². The summed E-state index contributed by atoms with van der Waals surface area (Å²) in [6, 6.07) is 8.65. The van der Waals surface area contributed by atoms with Crippen LogP contribution in [0, 0.1) is 6.92 Å². The van der Waals surface area contributed by atoms with Gasteiger partial charge in [-0.1, -0.05) is 12.1 Å². The topological polar surface area (TPSA) is 93.2 Å². The minimum absolute atomic E-state index is 0.136. The summed E-state index contributed by atoms with van der Waals surface area (Å²) >= 11 is 0. The van der Waals surface area contributed by atoms with Crippen molar-refractivity contribution in [2.75, 3.05) is 12.3 Å². The largest absolute Gasteiger partial charge is 0.399 e. The molecular weight excluding hydrogens is 268 g/mol. The van der Waals surface area contributed by atoms with E-state index in [0.29, 0.717) is 23.5 Å². The molecule has 21 heavy (non-hydrogen) atoms. The van der Waals surface area contributed by atoms with Gasteiger partial charge in [0.1, 0.15) is 5.69 Å². The Kier molecular flexibility index (Phi) is 4.59. The molecule has 0 spiro atoms. The number of anilines is 1. The molecule has 1 aromatic heterocycles. The number of nitrogens with one attached hydrogen (secondary N) is 1. The molecule has 1 unspecified atom stereocenters. The zero-order chi connectivity index (χ0) is 15.4. The van der Waals surface area contributed by atoms with Crippen LogP contribution in [-0.2, 0) is 6.54 Å². The Hall–Kier alpha value is -2.34. The first-order valence-electron chi connectivity index (χ1n) is 6.87. The lowest BCUT2D eigenvalue weighted by Crippen LogP contribution is -2.30. The molecule has 4 N–H and O–H groups in total. The molecule has 2 aromatic rings. The van der Waals surface area contributed by atoms with Crippen molar-refractivity contribution in [1.29, 1.82) is 0 Å². The monoisotopic (exact) mass is 288 g/mol. The van der Waals surface area contributed by atoms with Gasteiger partial charge in [-0.15, -0.1) is 0 Å².